The number of carbonyl (C=O) groups is 2. The van der Waals surface area contributed by atoms with Crippen molar-refractivity contribution in [2.75, 3.05) is 26.3 Å². The van der Waals surface area contributed by atoms with Gasteiger partial charge in [0.25, 0.3) is 0 Å². The fourth-order valence-electron chi connectivity index (χ4n) is 3.40. The summed E-state index contributed by atoms with van der Waals surface area (Å²) in [5.41, 5.74) is 0. The summed E-state index contributed by atoms with van der Waals surface area (Å²) in [4.78, 5) is 28.0. The standard InChI is InChI=1S/C20H36N2O5/c1-2-3-4-5-6-7-8-9-10-11-17-14-22(15-19(23)24)18(21-17)12-13-27-16-20(25)26/h17H,2-16H2,1H3,(H,23,24)(H,25,26). The Morgan fingerprint density at radius 3 is 2.26 bits per heavy atom. The highest BCUT2D eigenvalue weighted by molar-refractivity contribution is 5.87. The first-order valence-corrected chi connectivity index (χ1v) is 10.4. The largest absolute Gasteiger partial charge is 0.480 e. The molecule has 0 bridgehead atoms. The first kappa shape index (κ1) is 23.4. The third-order valence-electron chi connectivity index (χ3n) is 4.79. The molecule has 0 fully saturated rings. The van der Waals surface area contributed by atoms with Crippen LogP contribution in [0.5, 0.6) is 0 Å². The Balaban J connectivity index is 2.23. The van der Waals surface area contributed by atoms with Gasteiger partial charge in [0.15, 0.2) is 0 Å². The molecule has 0 aromatic rings. The van der Waals surface area contributed by atoms with Crippen LogP contribution in [-0.2, 0) is 14.3 Å². The molecule has 0 saturated carbocycles. The molecule has 0 aliphatic carbocycles. The molecule has 27 heavy (non-hydrogen) atoms. The van der Waals surface area contributed by atoms with E-state index in [9.17, 15) is 9.59 Å². The minimum absolute atomic E-state index is 0.0635. The number of carboxylic acids is 2. The maximum absolute atomic E-state index is 11.0. The van der Waals surface area contributed by atoms with Crippen molar-refractivity contribution in [2.24, 2.45) is 4.99 Å². The number of hydrogen-bond acceptors (Lipinski definition) is 5. The second-order valence-corrected chi connectivity index (χ2v) is 7.29. The van der Waals surface area contributed by atoms with E-state index < -0.39 is 11.9 Å². The summed E-state index contributed by atoms with van der Waals surface area (Å²) in [6.07, 6.45) is 13.0. The Kier molecular flexibility index (Phi) is 12.5. The molecule has 0 radical (unpaired) electrons. The molecule has 7 nitrogen and oxygen atoms in total. The van der Waals surface area contributed by atoms with Crippen molar-refractivity contribution in [1.82, 2.24) is 4.90 Å². The summed E-state index contributed by atoms with van der Waals surface area (Å²) in [6.45, 7) is 2.71. The van der Waals surface area contributed by atoms with E-state index in [1.165, 1.54) is 51.4 Å². The van der Waals surface area contributed by atoms with Crippen molar-refractivity contribution >= 4 is 17.8 Å². The van der Waals surface area contributed by atoms with Gasteiger partial charge in [-0.05, 0) is 6.42 Å². The maximum Gasteiger partial charge on any atom is 0.329 e. The van der Waals surface area contributed by atoms with Crippen LogP contribution >= 0.6 is 0 Å². The van der Waals surface area contributed by atoms with Crippen LogP contribution in [0.2, 0.25) is 0 Å². The summed E-state index contributed by atoms with van der Waals surface area (Å²) in [5, 5.41) is 17.7. The molecule has 1 heterocycles. The average molecular weight is 385 g/mol. The zero-order chi connectivity index (χ0) is 19.9. The molecule has 1 aliphatic rings. The Labute approximate surface area is 162 Å². The highest BCUT2D eigenvalue weighted by Gasteiger charge is 2.25. The van der Waals surface area contributed by atoms with Gasteiger partial charge in [0.2, 0.25) is 0 Å². The van der Waals surface area contributed by atoms with Crippen LogP contribution < -0.4 is 0 Å². The van der Waals surface area contributed by atoms with Gasteiger partial charge in [-0.15, -0.1) is 0 Å². The third kappa shape index (κ3) is 11.6. The lowest BCUT2D eigenvalue weighted by Crippen LogP contribution is -2.34. The fraction of sp³-hybridized carbons (Fsp3) is 0.850. The van der Waals surface area contributed by atoms with Gasteiger partial charge in [-0.25, -0.2) is 4.79 Å². The van der Waals surface area contributed by atoms with Crippen LogP contribution in [-0.4, -0.2) is 65.2 Å². The van der Waals surface area contributed by atoms with Gasteiger partial charge < -0.3 is 19.8 Å². The van der Waals surface area contributed by atoms with E-state index in [1.54, 1.807) is 4.90 Å². The molecule has 0 saturated heterocycles. The summed E-state index contributed by atoms with van der Waals surface area (Å²) in [5.74, 6) is -1.16. The topological polar surface area (TPSA) is 99.4 Å². The lowest BCUT2D eigenvalue weighted by Gasteiger charge is -2.18. The van der Waals surface area contributed by atoms with E-state index in [4.69, 9.17) is 14.9 Å². The number of unbranched alkanes of at least 4 members (excludes halogenated alkanes) is 8. The van der Waals surface area contributed by atoms with E-state index >= 15 is 0 Å². The highest BCUT2D eigenvalue weighted by Crippen LogP contribution is 2.18. The molecule has 0 spiro atoms. The van der Waals surface area contributed by atoms with E-state index in [2.05, 4.69) is 11.9 Å². The van der Waals surface area contributed by atoms with Crippen LogP contribution in [0, 0.1) is 0 Å². The van der Waals surface area contributed by atoms with Gasteiger partial charge >= 0.3 is 11.9 Å². The zero-order valence-corrected chi connectivity index (χ0v) is 16.7. The van der Waals surface area contributed by atoms with Crippen LogP contribution in [0.3, 0.4) is 0 Å². The normalized spacial score (nSPS) is 16.6. The number of nitrogens with zero attached hydrogens (tertiary/aromatic N) is 2. The first-order chi connectivity index (χ1) is 13.0. The maximum atomic E-state index is 11.0. The third-order valence-corrected chi connectivity index (χ3v) is 4.79. The summed E-state index contributed by atoms with van der Waals surface area (Å²) >= 11 is 0. The Morgan fingerprint density at radius 1 is 1.04 bits per heavy atom. The molecular weight excluding hydrogens is 348 g/mol. The molecular formula is C20H36N2O5. The number of aliphatic imine (C=N–C) groups is 1. The summed E-state index contributed by atoms with van der Waals surface area (Å²) < 4.78 is 5.05. The lowest BCUT2D eigenvalue weighted by molar-refractivity contribution is -0.142. The average Bonchev–Trinajstić information content (AvgIpc) is 2.98. The molecule has 2 N–H and O–H groups in total. The lowest BCUT2D eigenvalue weighted by atomic mass is 10.0. The van der Waals surface area contributed by atoms with Gasteiger partial charge in [0.05, 0.1) is 12.6 Å². The number of amidine groups is 1. The molecule has 1 aliphatic heterocycles. The minimum atomic E-state index is -1.01. The zero-order valence-electron chi connectivity index (χ0n) is 16.7. The Hall–Kier alpha value is -1.63. The molecule has 7 heteroatoms. The number of hydrogen-bond donors (Lipinski definition) is 2. The number of carboxylic acid groups (broad SMARTS) is 2. The van der Waals surface area contributed by atoms with E-state index in [-0.39, 0.29) is 25.8 Å². The molecule has 0 amide bonds. The number of ether oxygens (including phenoxy) is 1. The fourth-order valence-corrected chi connectivity index (χ4v) is 3.40. The number of aliphatic carboxylic acids is 2. The van der Waals surface area contributed by atoms with Gasteiger partial charge in [-0.2, -0.15) is 0 Å². The van der Waals surface area contributed by atoms with Crippen LogP contribution in [0.25, 0.3) is 0 Å². The van der Waals surface area contributed by atoms with Crippen molar-refractivity contribution < 1.29 is 24.5 Å². The van der Waals surface area contributed by atoms with Gasteiger partial charge in [0, 0.05) is 13.0 Å². The quantitative estimate of drug-likeness (QED) is 0.372. The highest BCUT2D eigenvalue weighted by atomic mass is 16.5. The Bertz CT molecular complexity index is 467. The van der Waals surface area contributed by atoms with Crippen molar-refractivity contribution in [2.45, 2.75) is 83.6 Å². The van der Waals surface area contributed by atoms with E-state index in [1.807, 2.05) is 0 Å². The van der Waals surface area contributed by atoms with Crippen LogP contribution in [0.15, 0.2) is 4.99 Å². The van der Waals surface area contributed by atoms with Gasteiger partial charge in [-0.3, -0.25) is 9.79 Å². The second-order valence-electron chi connectivity index (χ2n) is 7.29. The van der Waals surface area contributed by atoms with E-state index in [0.717, 1.165) is 18.7 Å². The van der Waals surface area contributed by atoms with Gasteiger partial charge in [-0.1, -0.05) is 64.7 Å². The molecule has 1 rings (SSSR count). The predicted molar refractivity (Wildman–Crippen MR) is 105 cm³/mol. The van der Waals surface area contributed by atoms with Crippen molar-refractivity contribution in [3.63, 3.8) is 0 Å². The van der Waals surface area contributed by atoms with Crippen LogP contribution in [0.1, 0.15) is 77.6 Å². The van der Waals surface area contributed by atoms with Gasteiger partial charge in [0.1, 0.15) is 19.0 Å². The van der Waals surface area contributed by atoms with Crippen molar-refractivity contribution in [3.8, 4) is 0 Å². The molecule has 0 aromatic heterocycles. The molecule has 156 valence electrons. The summed E-state index contributed by atoms with van der Waals surface area (Å²) in [7, 11) is 0. The first-order valence-electron chi connectivity index (χ1n) is 10.4. The van der Waals surface area contributed by atoms with Crippen LogP contribution in [0.4, 0.5) is 0 Å². The Morgan fingerprint density at radius 2 is 1.67 bits per heavy atom. The minimum Gasteiger partial charge on any atom is -0.480 e. The summed E-state index contributed by atoms with van der Waals surface area (Å²) in [6, 6.07) is 0.142. The molecule has 1 unspecified atom stereocenters. The number of rotatable bonds is 17. The SMILES string of the molecule is CCCCCCCCCCCC1CN(CC(=O)O)C(CCOCC(=O)O)=N1. The second kappa shape index (κ2) is 14.4. The predicted octanol–water partition coefficient (Wildman–Crippen LogP) is 3.57. The molecule has 1 atom stereocenters. The van der Waals surface area contributed by atoms with Crippen molar-refractivity contribution in [1.29, 1.82) is 0 Å². The van der Waals surface area contributed by atoms with E-state index in [0.29, 0.717) is 13.0 Å². The van der Waals surface area contributed by atoms with Crippen molar-refractivity contribution in [3.05, 3.63) is 0 Å². The molecule has 0 aromatic carbocycles. The smallest absolute Gasteiger partial charge is 0.329 e. The monoisotopic (exact) mass is 384 g/mol.